The molecule has 0 atom stereocenters. The molecule has 1 saturated heterocycles. The van der Waals surface area contributed by atoms with Crippen molar-refractivity contribution >= 4 is 21.6 Å². The Kier molecular flexibility index (Phi) is 6.23. The van der Waals surface area contributed by atoms with Crippen molar-refractivity contribution < 1.29 is 18.1 Å². The number of rotatable bonds is 6. The number of aromatic nitrogens is 1. The summed E-state index contributed by atoms with van der Waals surface area (Å²) in [6, 6.07) is 9.39. The van der Waals surface area contributed by atoms with Crippen molar-refractivity contribution in [1.29, 1.82) is 0 Å². The summed E-state index contributed by atoms with van der Waals surface area (Å²) in [5.74, 6) is -0.454. The highest BCUT2D eigenvalue weighted by atomic mass is 32.2. The molecule has 0 saturated carbocycles. The first-order valence-corrected chi connectivity index (χ1v) is 10.6. The Balaban J connectivity index is 1.62. The summed E-state index contributed by atoms with van der Waals surface area (Å²) in [4.78, 5) is 28.9. The van der Waals surface area contributed by atoms with Gasteiger partial charge in [0, 0.05) is 50.1 Å². The molecule has 3 rings (SSSR count). The molecule has 1 amide bonds. The first-order chi connectivity index (χ1) is 13.8. The van der Waals surface area contributed by atoms with E-state index in [9.17, 15) is 23.3 Å². The predicted molar refractivity (Wildman–Crippen MR) is 105 cm³/mol. The monoisotopic (exact) mass is 418 g/mol. The van der Waals surface area contributed by atoms with Crippen molar-refractivity contribution in [3.8, 4) is 0 Å². The number of pyridine rings is 1. The number of nitro benzene ring substituents is 1. The molecule has 9 nitrogen and oxygen atoms in total. The molecule has 1 aromatic carbocycles. The van der Waals surface area contributed by atoms with Crippen LogP contribution >= 0.6 is 0 Å². The molecule has 2 heterocycles. The van der Waals surface area contributed by atoms with E-state index in [-0.39, 0.29) is 42.0 Å². The van der Waals surface area contributed by atoms with Crippen LogP contribution in [0.4, 0.5) is 5.69 Å². The molecule has 1 aliphatic heterocycles. The average molecular weight is 418 g/mol. The van der Waals surface area contributed by atoms with Gasteiger partial charge in [-0.2, -0.15) is 4.31 Å². The zero-order valence-corrected chi connectivity index (χ0v) is 16.8. The van der Waals surface area contributed by atoms with Crippen LogP contribution in [-0.4, -0.2) is 53.6 Å². The molecule has 1 aliphatic rings. The SMILES string of the molecule is CN(Cc1ccccc1[N+](=O)[O-])C(=O)C1CCN(S(=O)(=O)c2cccnc2)CC1. The molecule has 0 unspecified atom stereocenters. The molecular weight excluding hydrogens is 396 g/mol. The van der Waals surface area contributed by atoms with Gasteiger partial charge in [0.15, 0.2) is 0 Å². The number of sulfonamides is 1. The van der Waals surface area contributed by atoms with Gasteiger partial charge in [0.1, 0.15) is 4.90 Å². The number of piperidine rings is 1. The second-order valence-corrected chi connectivity index (χ2v) is 8.89. The van der Waals surface area contributed by atoms with Gasteiger partial charge in [-0.15, -0.1) is 0 Å². The number of para-hydroxylation sites is 1. The lowest BCUT2D eigenvalue weighted by Gasteiger charge is -2.32. The quantitative estimate of drug-likeness (QED) is 0.524. The predicted octanol–water partition coefficient (Wildman–Crippen LogP) is 2.05. The minimum absolute atomic E-state index is 0.0236. The second kappa shape index (κ2) is 8.66. The van der Waals surface area contributed by atoms with Crippen LogP contribution in [0.25, 0.3) is 0 Å². The average Bonchev–Trinajstić information content (AvgIpc) is 2.74. The molecule has 0 spiro atoms. The Labute approximate surface area is 169 Å². The van der Waals surface area contributed by atoms with E-state index < -0.39 is 14.9 Å². The van der Waals surface area contributed by atoms with Crippen LogP contribution in [0.1, 0.15) is 18.4 Å². The standard InChI is InChI=1S/C19H22N4O5S/c1-21(14-16-5-2-3-7-18(16)23(25)26)19(24)15-8-11-22(12-9-15)29(27,28)17-6-4-10-20-13-17/h2-7,10,13,15H,8-9,11-12,14H2,1H3. The van der Waals surface area contributed by atoms with Crippen molar-refractivity contribution in [2.45, 2.75) is 24.3 Å². The van der Waals surface area contributed by atoms with Gasteiger partial charge in [0.25, 0.3) is 5.69 Å². The normalized spacial score (nSPS) is 15.8. The number of hydrogen-bond acceptors (Lipinski definition) is 6. The van der Waals surface area contributed by atoms with Crippen molar-refractivity contribution in [2.24, 2.45) is 5.92 Å². The zero-order valence-electron chi connectivity index (χ0n) is 16.0. The highest BCUT2D eigenvalue weighted by Crippen LogP contribution is 2.26. The molecule has 29 heavy (non-hydrogen) atoms. The topological polar surface area (TPSA) is 114 Å². The zero-order chi connectivity index (χ0) is 21.0. The molecule has 1 aromatic heterocycles. The maximum absolute atomic E-state index is 12.8. The molecule has 2 aromatic rings. The maximum atomic E-state index is 12.8. The Morgan fingerprint density at radius 1 is 1.24 bits per heavy atom. The lowest BCUT2D eigenvalue weighted by molar-refractivity contribution is -0.385. The van der Waals surface area contributed by atoms with Crippen LogP contribution in [0.15, 0.2) is 53.7 Å². The molecule has 10 heteroatoms. The van der Waals surface area contributed by atoms with E-state index in [4.69, 9.17) is 0 Å². The molecule has 154 valence electrons. The minimum Gasteiger partial charge on any atom is -0.341 e. The number of amides is 1. The molecule has 0 bridgehead atoms. The van der Waals surface area contributed by atoms with Crippen molar-refractivity contribution in [3.05, 3.63) is 64.5 Å². The van der Waals surface area contributed by atoms with Gasteiger partial charge in [0.05, 0.1) is 11.5 Å². The third-order valence-electron chi connectivity index (χ3n) is 5.05. The van der Waals surface area contributed by atoms with E-state index in [0.29, 0.717) is 18.4 Å². The molecule has 0 radical (unpaired) electrons. The number of nitro groups is 1. The minimum atomic E-state index is -3.62. The van der Waals surface area contributed by atoms with Gasteiger partial charge < -0.3 is 4.90 Å². The Morgan fingerprint density at radius 3 is 2.55 bits per heavy atom. The van der Waals surface area contributed by atoms with Crippen LogP contribution in [0.2, 0.25) is 0 Å². The lowest BCUT2D eigenvalue weighted by atomic mass is 9.96. The van der Waals surface area contributed by atoms with E-state index in [0.717, 1.165) is 0 Å². The summed E-state index contributed by atoms with van der Waals surface area (Å²) >= 11 is 0. The fourth-order valence-corrected chi connectivity index (χ4v) is 4.89. The summed E-state index contributed by atoms with van der Waals surface area (Å²) in [5.41, 5.74) is 0.439. The van der Waals surface area contributed by atoms with Crippen molar-refractivity contribution in [2.75, 3.05) is 20.1 Å². The van der Waals surface area contributed by atoms with Gasteiger partial charge in [-0.1, -0.05) is 18.2 Å². The number of nitrogens with zero attached hydrogens (tertiary/aromatic N) is 4. The molecular formula is C19H22N4O5S. The number of hydrogen-bond donors (Lipinski definition) is 0. The fraction of sp³-hybridized carbons (Fsp3) is 0.368. The highest BCUT2D eigenvalue weighted by molar-refractivity contribution is 7.89. The number of benzene rings is 1. The van der Waals surface area contributed by atoms with Crippen molar-refractivity contribution in [3.63, 3.8) is 0 Å². The van der Waals surface area contributed by atoms with Gasteiger partial charge in [0.2, 0.25) is 15.9 Å². The summed E-state index contributed by atoms with van der Waals surface area (Å²) < 4.78 is 26.7. The Bertz CT molecular complexity index is 989. The van der Waals surface area contributed by atoms with E-state index in [1.807, 2.05) is 0 Å². The summed E-state index contributed by atoms with van der Waals surface area (Å²) in [5, 5.41) is 11.2. The Hall–Kier alpha value is -2.85. The van der Waals surface area contributed by atoms with Gasteiger partial charge >= 0.3 is 0 Å². The molecule has 0 aliphatic carbocycles. The van der Waals surface area contributed by atoms with Gasteiger partial charge in [-0.3, -0.25) is 19.9 Å². The molecule has 0 N–H and O–H groups in total. The third-order valence-corrected chi connectivity index (χ3v) is 6.93. The highest BCUT2D eigenvalue weighted by Gasteiger charge is 2.33. The summed E-state index contributed by atoms with van der Waals surface area (Å²) in [7, 11) is -2.02. The first kappa shape index (κ1) is 20.9. The molecule has 1 fully saturated rings. The van der Waals surface area contributed by atoms with E-state index >= 15 is 0 Å². The maximum Gasteiger partial charge on any atom is 0.274 e. The summed E-state index contributed by atoms with van der Waals surface area (Å²) in [6.45, 7) is 0.615. The number of carbonyl (C=O) groups is 1. The van der Waals surface area contributed by atoms with E-state index in [1.54, 1.807) is 31.3 Å². The van der Waals surface area contributed by atoms with Gasteiger partial charge in [-0.25, -0.2) is 8.42 Å². The lowest BCUT2D eigenvalue weighted by Crippen LogP contribution is -2.43. The Morgan fingerprint density at radius 2 is 1.93 bits per heavy atom. The summed E-state index contributed by atoms with van der Waals surface area (Å²) in [6.07, 6.45) is 3.63. The van der Waals surface area contributed by atoms with Crippen LogP contribution in [0.5, 0.6) is 0 Å². The first-order valence-electron chi connectivity index (χ1n) is 9.18. The van der Waals surface area contributed by atoms with Crippen LogP contribution in [0, 0.1) is 16.0 Å². The van der Waals surface area contributed by atoms with Crippen LogP contribution < -0.4 is 0 Å². The van der Waals surface area contributed by atoms with Gasteiger partial charge in [-0.05, 0) is 25.0 Å². The van der Waals surface area contributed by atoms with Crippen molar-refractivity contribution in [1.82, 2.24) is 14.2 Å². The third kappa shape index (κ3) is 4.60. The largest absolute Gasteiger partial charge is 0.341 e. The smallest absolute Gasteiger partial charge is 0.274 e. The second-order valence-electron chi connectivity index (χ2n) is 6.95. The van der Waals surface area contributed by atoms with E-state index in [2.05, 4.69) is 4.98 Å². The van der Waals surface area contributed by atoms with Crippen LogP contribution in [0.3, 0.4) is 0 Å². The fourth-order valence-electron chi connectivity index (χ4n) is 3.46. The number of carbonyl (C=O) groups excluding carboxylic acids is 1. The van der Waals surface area contributed by atoms with E-state index in [1.165, 1.54) is 33.7 Å². The van der Waals surface area contributed by atoms with Crippen LogP contribution in [-0.2, 0) is 21.4 Å².